The Kier molecular flexibility index (Phi) is 6.47. The fourth-order valence-corrected chi connectivity index (χ4v) is 5.24. The zero-order valence-corrected chi connectivity index (χ0v) is 22.3. The van der Waals surface area contributed by atoms with Gasteiger partial charge in [-0.3, -0.25) is 0 Å². The van der Waals surface area contributed by atoms with Gasteiger partial charge in [-0.1, -0.05) is 30.3 Å². The third kappa shape index (κ3) is 4.35. The molecular formula is C31H28FN5O3. The standard InChI is InChI=1S/C31H28FN5O3/c1-20-25-19-36(31(38)33-26-18-24(39-2)15-16-28(26)40-3)29(21-11-13-22(32)14-12-21)27-10-7-17-35(27)30(25)37(34-20)23-8-5-4-6-9-23/h4-18,29H,19H2,1-3H3,(H,33,38)/t29-/m0/s1. The first-order valence-corrected chi connectivity index (χ1v) is 12.8. The Balaban J connectivity index is 1.52. The molecule has 8 nitrogen and oxygen atoms in total. The summed E-state index contributed by atoms with van der Waals surface area (Å²) in [5, 5.41) is 7.90. The first-order valence-electron chi connectivity index (χ1n) is 12.8. The number of hydrogen-bond donors (Lipinski definition) is 1. The Morgan fingerprint density at radius 1 is 0.975 bits per heavy atom. The lowest BCUT2D eigenvalue weighted by atomic mass is 10.0. The molecule has 2 aromatic heterocycles. The number of carbonyl (C=O) groups excluding carboxylic acids is 1. The van der Waals surface area contributed by atoms with Gasteiger partial charge >= 0.3 is 6.03 Å². The summed E-state index contributed by atoms with van der Waals surface area (Å²) in [6.07, 6.45) is 1.97. The second-order valence-corrected chi connectivity index (χ2v) is 9.52. The zero-order valence-electron chi connectivity index (χ0n) is 22.3. The molecule has 3 aromatic carbocycles. The number of anilines is 1. The molecule has 6 rings (SSSR count). The fourth-order valence-electron chi connectivity index (χ4n) is 5.24. The Morgan fingerprint density at radius 2 is 1.75 bits per heavy atom. The van der Waals surface area contributed by atoms with E-state index in [0.717, 1.165) is 34.0 Å². The van der Waals surface area contributed by atoms with Crippen molar-refractivity contribution in [2.75, 3.05) is 19.5 Å². The number of hydrogen-bond acceptors (Lipinski definition) is 4. The van der Waals surface area contributed by atoms with Crippen molar-refractivity contribution in [1.29, 1.82) is 0 Å². The van der Waals surface area contributed by atoms with E-state index in [4.69, 9.17) is 14.6 Å². The maximum absolute atomic E-state index is 14.2. The molecule has 2 amide bonds. The number of fused-ring (bicyclic) bond motifs is 3. The molecule has 0 saturated heterocycles. The van der Waals surface area contributed by atoms with E-state index >= 15 is 0 Å². The highest BCUT2D eigenvalue weighted by atomic mass is 19.1. The van der Waals surface area contributed by atoms with Crippen LogP contribution in [-0.4, -0.2) is 39.5 Å². The van der Waals surface area contributed by atoms with Gasteiger partial charge in [-0.15, -0.1) is 0 Å². The Bertz CT molecular complexity index is 1680. The number of aromatic nitrogens is 3. The average Bonchev–Trinajstić information content (AvgIpc) is 3.54. The molecule has 5 aromatic rings. The van der Waals surface area contributed by atoms with Crippen molar-refractivity contribution in [2.45, 2.75) is 19.5 Å². The third-order valence-corrected chi connectivity index (χ3v) is 7.18. The fraction of sp³-hybridized carbons (Fsp3) is 0.161. The summed E-state index contributed by atoms with van der Waals surface area (Å²) < 4.78 is 28.8. The highest BCUT2D eigenvalue weighted by Gasteiger charge is 2.36. The van der Waals surface area contributed by atoms with Crippen LogP contribution >= 0.6 is 0 Å². The lowest BCUT2D eigenvalue weighted by molar-refractivity contribution is 0.194. The number of urea groups is 1. The first-order chi connectivity index (χ1) is 19.5. The number of nitrogens with one attached hydrogen (secondary N) is 1. The molecule has 0 bridgehead atoms. The molecule has 0 aliphatic carbocycles. The third-order valence-electron chi connectivity index (χ3n) is 7.18. The summed E-state index contributed by atoms with van der Waals surface area (Å²) in [4.78, 5) is 15.9. The van der Waals surface area contributed by atoms with Crippen LogP contribution < -0.4 is 14.8 Å². The predicted octanol–water partition coefficient (Wildman–Crippen LogP) is 6.26. The van der Waals surface area contributed by atoms with Crippen LogP contribution in [0.5, 0.6) is 11.5 Å². The average molecular weight is 538 g/mol. The number of methoxy groups -OCH3 is 2. The van der Waals surface area contributed by atoms with E-state index in [2.05, 4.69) is 9.88 Å². The van der Waals surface area contributed by atoms with Crippen LogP contribution in [0.3, 0.4) is 0 Å². The number of ether oxygens (including phenoxy) is 2. The van der Waals surface area contributed by atoms with Crippen LogP contribution in [0.15, 0.2) is 91.1 Å². The summed E-state index contributed by atoms with van der Waals surface area (Å²) >= 11 is 0. The van der Waals surface area contributed by atoms with Crippen molar-refractivity contribution < 1.29 is 18.7 Å². The first kappa shape index (κ1) is 25.2. The van der Waals surface area contributed by atoms with Gasteiger partial charge in [0, 0.05) is 17.8 Å². The number of amides is 2. The van der Waals surface area contributed by atoms with Crippen molar-refractivity contribution in [2.24, 2.45) is 0 Å². The molecule has 0 unspecified atom stereocenters. The molecule has 40 heavy (non-hydrogen) atoms. The number of nitrogens with zero attached hydrogens (tertiary/aromatic N) is 4. The van der Waals surface area contributed by atoms with Crippen molar-refractivity contribution in [3.05, 3.63) is 119 Å². The van der Waals surface area contributed by atoms with Gasteiger partial charge in [0.2, 0.25) is 0 Å². The van der Waals surface area contributed by atoms with Crippen LogP contribution in [-0.2, 0) is 6.54 Å². The highest BCUT2D eigenvalue weighted by molar-refractivity contribution is 5.92. The van der Waals surface area contributed by atoms with Gasteiger partial charge in [0.1, 0.15) is 23.1 Å². The van der Waals surface area contributed by atoms with Gasteiger partial charge in [0.15, 0.2) is 0 Å². The maximum atomic E-state index is 14.2. The van der Waals surface area contributed by atoms with Crippen molar-refractivity contribution in [1.82, 2.24) is 19.2 Å². The summed E-state index contributed by atoms with van der Waals surface area (Å²) in [6.45, 7) is 2.21. The van der Waals surface area contributed by atoms with Crippen LogP contribution in [0, 0.1) is 12.7 Å². The van der Waals surface area contributed by atoms with Gasteiger partial charge in [-0.2, -0.15) is 5.10 Å². The van der Waals surface area contributed by atoms with E-state index in [1.165, 1.54) is 12.1 Å². The SMILES string of the molecule is COc1ccc(OC)c(NC(=O)N2Cc3c(C)nn(-c4ccccc4)c3-n3cccc3[C@@H]2c2ccc(F)cc2)c1. The van der Waals surface area contributed by atoms with Gasteiger partial charge in [-0.25, -0.2) is 13.9 Å². The Labute approximate surface area is 231 Å². The number of aryl methyl sites for hydroxylation is 1. The smallest absolute Gasteiger partial charge is 0.323 e. The molecule has 0 fully saturated rings. The van der Waals surface area contributed by atoms with E-state index in [1.807, 2.05) is 60.3 Å². The Hall–Kier alpha value is -5.05. The topological polar surface area (TPSA) is 73.6 Å². The molecule has 1 aliphatic rings. The van der Waals surface area contributed by atoms with E-state index in [0.29, 0.717) is 17.2 Å². The van der Waals surface area contributed by atoms with Gasteiger partial charge in [0.25, 0.3) is 0 Å². The van der Waals surface area contributed by atoms with Crippen LogP contribution in [0.1, 0.15) is 28.6 Å². The molecule has 9 heteroatoms. The maximum Gasteiger partial charge on any atom is 0.323 e. The van der Waals surface area contributed by atoms with Crippen LogP contribution in [0.4, 0.5) is 14.9 Å². The van der Waals surface area contributed by atoms with Crippen molar-refractivity contribution in [3.8, 4) is 23.0 Å². The molecule has 1 N–H and O–H groups in total. The minimum atomic E-state index is -0.525. The quantitative estimate of drug-likeness (QED) is 0.287. The number of para-hydroxylation sites is 1. The van der Waals surface area contributed by atoms with Gasteiger partial charge in [0.05, 0.1) is 49.6 Å². The lowest BCUT2D eigenvalue weighted by Gasteiger charge is -2.31. The second-order valence-electron chi connectivity index (χ2n) is 9.52. The van der Waals surface area contributed by atoms with E-state index in [1.54, 1.807) is 49.5 Å². The molecule has 3 heterocycles. The molecule has 0 radical (unpaired) electrons. The minimum absolute atomic E-state index is 0.260. The molecule has 0 saturated carbocycles. The molecule has 202 valence electrons. The monoisotopic (exact) mass is 537 g/mol. The van der Waals surface area contributed by atoms with Gasteiger partial charge in [-0.05, 0) is 61.0 Å². The summed E-state index contributed by atoms with van der Waals surface area (Å²) in [5.41, 5.74) is 4.70. The largest absolute Gasteiger partial charge is 0.497 e. The van der Waals surface area contributed by atoms with E-state index in [9.17, 15) is 9.18 Å². The molecular weight excluding hydrogens is 509 g/mol. The zero-order chi connectivity index (χ0) is 27.8. The highest BCUT2D eigenvalue weighted by Crippen LogP contribution is 2.39. The number of benzene rings is 3. The summed E-state index contributed by atoms with van der Waals surface area (Å²) in [7, 11) is 3.11. The number of carbonyl (C=O) groups is 1. The van der Waals surface area contributed by atoms with Crippen LogP contribution in [0.2, 0.25) is 0 Å². The normalized spacial score (nSPS) is 14.2. The lowest BCUT2D eigenvalue weighted by Crippen LogP contribution is -2.38. The van der Waals surface area contributed by atoms with Crippen LogP contribution in [0.25, 0.3) is 11.5 Å². The number of rotatable bonds is 5. The van der Waals surface area contributed by atoms with E-state index in [-0.39, 0.29) is 18.4 Å². The van der Waals surface area contributed by atoms with Gasteiger partial charge < -0.3 is 24.3 Å². The summed E-state index contributed by atoms with van der Waals surface area (Å²) in [5.74, 6) is 1.59. The number of halogens is 1. The molecule has 0 spiro atoms. The van der Waals surface area contributed by atoms with Crippen molar-refractivity contribution >= 4 is 11.7 Å². The van der Waals surface area contributed by atoms with Crippen molar-refractivity contribution in [3.63, 3.8) is 0 Å². The molecule has 1 aliphatic heterocycles. The predicted molar refractivity (Wildman–Crippen MR) is 150 cm³/mol. The minimum Gasteiger partial charge on any atom is -0.497 e. The van der Waals surface area contributed by atoms with E-state index < -0.39 is 6.04 Å². The molecule has 1 atom stereocenters. The second kappa shape index (κ2) is 10.3. The summed E-state index contributed by atoms with van der Waals surface area (Å²) in [6, 6.07) is 24.4. The Morgan fingerprint density at radius 3 is 2.48 bits per heavy atom.